The highest BCUT2D eigenvalue weighted by molar-refractivity contribution is 7.80. The predicted molar refractivity (Wildman–Crippen MR) is 120 cm³/mol. The monoisotopic (exact) mass is 413 g/mol. The Kier molecular flexibility index (Phi) is 4.65. The van der Waals surface area contributed by atoms with E-state index in [1.54, 1.807) is 30.7 Å². The summed E-state index contributed by atoms with van der Waals surface area (Å²) in [4.78, 5) is 10.7. The fraction of sp³-hybridized carbons (Fsp3) is 0.0870. The maximum atomic E-state index is 10.6. The number of para-hydroxylation sites is 2. The van der Waals surface area contributed by atoms with E-state index < -0.39 is 0 Å². The number of rotatable bonds is 4. The van der Waals surface area contributed by atoms with Crippen molar-refractivity contribution in [2.24, 2.45) is 0 Å². The van der Waals surface area contributed by atoms with Gasteiger partial charge in [-0.2, -0.15) is 0 Å². The van der Waals surface area contributed by atoms with Crippen LogP contribution in [0, 0.1) is 0 Å². The average Bonchev–Trinajstić information content (AvgIpc) is 3.40. The van der Waals surface area contributed by atoms with Crippen LogP contribution in [0.1, 0.15) is 23.5 Å². The highest BCUT2D eigenvalue weighted by Gasteiger charge is 2.42. The minimum absolute atomic E-state index is 0.176. The van der Waals surface area contributed by atoms with Crippen LogP contribution in [-0.4, -0.2) is 24.8 Å². The first-order valence-corrected chi connectivity index (χ1v) is 10.0. The summed E-state index contributed by atoms with van der Waals surface area (Å²) in [6, 6.07) is 20.7. The number of benzene rings is 1. The summed E-state index contributed by atoms with van der Waals surface area (Å²) in [5, 5.41) is 14.5. The van der Waals surface area contributed by atoms with Crippen LogP contribution in [0.2, 0.25) is 0 Å². The Morgan fingerprint density at radius 3 is 2.47 bits per heavy atom. The maximum absolute atomic E-state index is 10.6. The van der Waals surface area contributed by atoms with E-state index in [1.807, 2.05) is 59.6 Å². The second kappa shape index (κ2) is 7.61. The van der Waals surface area contributed by atoms with Gasteiger partial charge in [0.2, 0.25) is 0 Å². The highest BCUT2D eigenvalue weighted by atomic mass is 32.1. The number of aromatic nitrogens is 3. The minimum atomic E-state index is -0.219. The lowest BCUT2D eigenvalue weighted by molar-refractivity contribution is 0.472. The van der Waals surface area contributed by atoms with Crippen LogP contribution in [0.5, 0.6) is 5.75 Å². The molecule has 148 valence electrons. The third-order valence-corrected chi connectivity index (χ3v) is 5.58. The van der Waals surface area contributed by atoms with Crippen LogP contribution in [-0.2, 0) is 0 Å². The van der Waals surface area contributed by atoms with E-state index in [2.05, 4.69) is 25.9 Å². The third kappa shape index (κ3) is 3.09. The number of aromatic hydroxyl groups is 1. The van der Waals surface area contributed by atoms with Gasteiger partial charge in [0.25, 0.3) is 0 Å². The molecule has 1 aliphatic heterocycles. The van der Waals surface area contributed by atoms with E-state index in [9.17, 15) is 5.11 Å². The lowest BCUT2D eigenvalue weighted by Gasteiger charge is -2.29. The smallest absolute Gasteiger partial charge is 0.174 e. The summed E-state index contributed by atoms with van der Waals surface area (Å²) in [6.45, 7) is 0. The molecule has 1 aromatic carbocycles. The molecule has 5 rings (SSSR count). The molecule has 6 nitrogen and oxygen atoms in total. The molecule has 0 aliphatic carbocycles. The van der Waals surface area contributed by atoms with Gasteiger partial charge in [0.15, 0.2) is 5.11 Å². The Morgan fingerprint density at radius 1 is 0.900 bits per heavy atom. The molecule has 1 fully saturated rings. The first kappa shape index (κ1) is 18.3. The van der Waals surface area contributed by atoms with Crippen molar-refractivity contribution >= 4 is 23.0 Å². The number of hydrogen-bond donors (Lipinski definition) is 2. The number of phenolic OH excluding ortho intramolecular Hbond substituents is 1. The van der Waals surface area contributed by atoms with Crippen LogP contribution >= 0.6 is 12.2 Å². The van der Waals surface area contributed by atoms with Gasteiger partial charge < -0.3 is 19.9 Å². The number of hydrogen-bond acceptors (Lipinski definition) is 4. The predicted octanol–water partition coefficient (Wildman–Crippen LogP) is 4.15. The Hall–Kier alpha value is -3.71. The van der Waals surface area contributed by atoms with Crippen LogP contribution in [0.25, 0.3) is 5.69 Å². The fourth-order valence-electron chi connectivity index (χ4n) is 3.96. The second-order valence-corrected chi connectivity index (χ2v) is 7.38. The third-order valence-electron chi connectivity index (χ3n) is 5.26. The summed E-state index contributed by atoms with van der Waals surface area (Å²) in [5.41, 5.74) is 3.55. The van der Waals surface area contributed by atoms with Gasteiger partial charge in [0.1, 0.15) is 11.8 Å². The van der Waals surface area contributed by atoms with Gasteiger partial charge in [-0.25, -0.2) is 0 Å². The van der Waals surface area contributed by atoms with E-state index in [0.717, 1.165) is 17.1 Å². The van der Waals surface area contributed by atoms with Gasteiger partial charge in [-0.1, -0.05) is 18.2 Å². The molecular weight excluding hydrogens is 394 g/mol. The zero-order valence-corrected chi connectivity index (χ0v) is 16.8. The molecule has 0 saturated carbocycles. The van der Waals surface area contributed by atoms with E-state index in [4.69, 9.17) is 12.2 Å². The summed E-state index contributed by atoms with van der Waals surface area (Å²) in [6.07, 6.45) is 7.34. The lowest BCUT2D eigenvalue weighted by Crippen LogP contribution is -2.30. The first-order valence-electron chi connectivity index (χ1n) is 9.60. The number of phenols is 1. The van der Waals surface area contributed by atoms with Crippen molar-refractivity contribution in [3.05, 3.63) is 103 Å². The van der Waals surface area contributed by atoms with Gasteiger partial charge in [0.05, 0.1) is 17.4 Å². The van der Waals surface area contributed by atoms with Gasteiger partial charge in [-0.3, -0.25) is 9.97 Å². The Balaban J connectivity index is 1.69. The fourth-order valence-corrected chi connectivity index (χ4v) is 4.30. The molecule has 1 aliphatic rings. The molecule has 0 spiro atoms. The number of thiocarbonyl (C=S) groups is 1. The normalized spacial score (nSPS) is 18.4. The molecular formula is C23H19N5OS. The van der Waals surface area contributed by atoms with Crippen molar-refractivity contribution < 1.29 is 5.11 Å². The Bertz CT molecular complexity index is 1180. The highest BCUT2D eigenvalue weighted by Crippen LogP contribution is 2.44. The molecule has 0 amide bonds. The van der Waals surface area contributed by atoms with Crippen molar-refractivity contribution in [1.82, 2.24) is 19.9 Å². The zero-order valence-electron chi connectivity index (χ0n) is 16.0. The number of nitrogens with one attached hydrogen (secondary N) is 1. The molecule has 0 radical (unpaired) electrons. The van der Waals surface area contributed by atoms with Crippen LogP contribution in [0.3, 0.4) is 0 Å². The molecule has 1 saturated heterocycles. The molecule has 2 unspecified atom stereocenters. The Morgan fingerprint density at radius 2 is 1.70 bits per heavy atom. The zero-order chi connectivity index (χ0) is 20.5. The second-order valence-electron chi connectivity index (χ2n) is 6.99. The van der Waals surface area contributed by atoms with Crippen LogP contribution < -0.4 is 10.2 Å². The van der Waals surface area contributed by atoms with Crippen molar-refractivity contribution in [1.29, 1.82) is 0 Å². The lowest BCUT2D eigenvalue weighted by atomic mass is 10.0. The number of anilines is 1. The van der Waals surface area contributed by atoms with Gasteiger partial charge in [-0.15, -0.1) is 0 Å². The largest absolute Gasteiger partial charge is 0.506 e. The summed E-state index contributed by atoms with van der Waals surface area (Å²) < 4.78 is 2.12. The van der Waals surface area contributed by atoms with Crippen molar-refractivity contribution in [2.45, 2.75) is 12.1 Å². The van der Waals surface area contributed by atoms with E-state index in [1.165, 1.54) is 0 Å². The molecule has 4 aromatic rings. The molecule has 7 heteroatoms. The van der Waals surface area contributed by atoms with Crippen molar-refractivity contribution in [3.63, 3.8) is 0 Å². The minimum Gasteiger partial charge on any atom is -0.506 e. The van der Waals surface area contributed by atoms with Crippen LogP contribution in [0.15, 0.2) is 91.5 Å². The van der Waals surface area contributed by atoms with Crippen LogP contribution in [0.4, 0.5) is 5.69 Å². The van der Waals surface area contributed by atoms with E-state index in [-0.39, 0.29) is 17.8 Å². The first-order chi connectivity index (χ1) is 14.7. The Labute approximate surface area is 179 Å². The van der Waals surface area contributed by atoms with Crippen molar-refractivity contribution in [3.8, 4) is 11.4 Å². The maximum Gasteiger partial charge on any atom is 0.174 e. The topological polar surface area (TPSA) is 66.2 Å². The van der Waals surface area contributed by atoms with Gasteiger partial charge >= 0.3 is 0 Å². The molecule has 4 heterocycles. The molecule has 30 heavy (non-hydrogen) atoms. The summed E-state index contributed by atoms with van der Waals surface area (Å²) >= 11 is 5.73. The SMILES string of the molecule is Oc1ccccc1N1C(=S)NC(c2ccccn2)C1c1cccn1-c1ccncc1. The molecule has 3 aromatic heterocycles. The standard InChI is InChI=1S/C23H19N5OS/c29-20-9-2-1-7-18(20)28-22(21(26-23(28)30)17-6-3-4-12-25-17)19-8-5-15-27(19)16-10-13-24-14-11-16/h1-15,21-22,29H,(H,26,30). The van der Waals surface area contributed by atoms with E-state index >= 15 is 0 Å². The molecule has 2 N–H and O–H groups in total. The molecule has 0 bridgehead atoms. The number of nitrogens with zero attached hydrogens (tertiary/aromatic N) is 4. The van der Waals surface area contributed by atoms with Gasteiger partial charge in [-0.05, 0) is 60.7 Å². The van der Waals surface area contributed by atoms with E-state index in [0.29, 0.717) is 10.8 Å². The average molecular weight is 414 g/mol. The number of pyridine rings is 2. The van der Waals surface area contributed by atoms with Gasteiger partial charge in [0, 0.05) is 36.2 Å². The molecule has 2 atom stereocenters. The summed E-state index contributed by atoms with van der Waals surface area (Å²) in [5.74, 6) is 0.176. The van der Waals surface area contributed by atoms with Crippen molar-refractivity contribution in [2.75, 3.05) is 4.90 Å². The quantitative estimate of drug-likeness (QED) is 0.490. The summed E-state index contributed by atoms with van der Waals surface area (Å²) in [7, 11) is 0.